The molecule has 0 saturated heterocycles. The van der Waals surface area contributed by atoms with Gasteiger partial charge in [-0.25, -0.2) is 0 Å². The summed E-state index contributed by atoms with van der Waals surface area (Å²) in [6, 6.07) is 14.0. The molecule has 22 heavy (non-hydrogen) atoms. The molecule has 0 radical (unpaired) electrons. The number of likely N-dealkylation sites (N-methyl/N-ethyl adjacent to an activating group) is 1. The summed E-state index contributed by atoms with van der Waals surface area (Å²) in [4.78, 5) is 25.4. The fourth-order valence-electron chi connectivity index (χ4n) is 2.44. The summed E-state index contributed by atoms with van der Waals surface area (Å²) in [6.45, 7) is 1.30. The molecule has 0 aliphatic rings. The highest BCUT2D eigenvalue weighted by Gasteiger charge is 2.18. The number of amides is 1. The molecule has 2 aromatic rings. The van der Waals surface area contributed by atoms with Gasteiger partial charge in [-0.05, 0) is 36.9 Å². The summed E-state index contributed by atoms with van der Waals surface area (Å²) in [5.74, 6) is -0.849. The highest BCUT2D eigenvalue weighted by Crippen LogP contribution is 2.20. The van der Waals surface area contributed by atoms with Gasteiger partial charge in [-0.3, -0.25) is 4.79 Å². The summed E-state index contributed by atoms with van der Waals surface area (Å²) in [5, 5.41) is 5.04. The van der Waals surface area contributed by atoms with E-state index in [9.17, 15) is 9.59 Å². The molecule has 4 nitrogen and oxygen atoms in total. The molecule has 0 aliphatic carbocycles. The number of aldehydes is 1. The first kappa shape index (κ1) is 16.2. The van der Waals surface area contributed by atoms with Gasteiger partial charge in [-0.15, -0.1) is 0 Å². The lowest BCUT2D eigenvalue weighted by atomic mass is 9.95. The van der Waals surface area contributed by atoms with Crippen molar-refractivity contribution in [3.8, 4) is 0 Å². The van der Waals surface area contributed by atoms with Gasteiger partial charge in [0.2, 0.25) is 5.91 Å². The van der Waals surface area contributed by atoms with Crippen LogP contribution in [0.2, 0.25) is 0 Å². The monoisotopic (exact) mass is 298 g/mol. The fraction of sp³-hybridized carbons (Fsp3) is 0.333. The number of benzene rings is 2. The molecular formula is C18H22N2O2. The Bertz CT molecular complexity index is 647. The smallest absolute Gasteiger partial charge is 0.230 e. The minimum Gasteiger partial charge on any atom is -0.354 e. The zero-order valence-electron chi connectivity index (χ0n) is 13.1. The van der Waals surface area contributed by atoms with Gasteiger partial charge in [0.25, 0.3) is 0 Å². The first-order chi connectivity index (χ1) is 10.6. The standard InChI is InChI=1S/C18H22N2O2/c1-20(2)11-10-19-18(22)16(13-21)12-15-8-5-7-14-6-3-4-9-17(14)15/h3-9,13,16H,10-12H2,1-2H3,(H,19,22). The second kappa shape index (κ2) is 7.71. The van der Waals surface area contributed by atoms with Gasteiger partial charge in [0.1, 0.15) is 6.29 Å². The zero-order chi connectivity index (χ0) is 15.9. The van der Waals surface area contributed by atoms with Crippen molar-refractivity contribution in [1.29, 1.82) is 0 Å². The molecule has 116 valence electrons. The summed E-state index contributed by atoms with van der Waals surface area (Å²) in [7, 11) is 3.89. The third-order valence-corrected chi connectivity index (χ3v) is 3.68. The predicted molar refractivity (Wildman–Crippen MR) is 88.8 cm³/mol. The second-order valence-corrected chi connectivity index (χ2v) is 5.68. The van der Waals surface area contributed by atoms with Crippen LogP contribution in [0.1, 0.15) is 5.56 Å². The topological polar surface area (TPSA) is 49.4 Å². The summed E-state index contributed by atoms with van der Waals surface area (Å²) in [6.07, 6.45) is 1.17. The van der Waals surface area contributed by atoms with Crippen LogP contribution in [-0.4, -0.2) is 44.3 Å². The third-order valence-electron chi connectivity index (χ3n) is 3.68. The van der Waals surface area contributed by atoms with Crippen molar-refractivity contribution < 1.29 is 9.59 Å². The SMILES string of the molecule is CN(C)CCNC(=O)C(C=O)Cc1cccc2ccccc12. The van der Waals surface area contributed by atoms with E-state index in [1.807, 2.05) is 61.5 Å². The lowest BCUT2D eigenvalue weighted by Gasteiger charge is -2.14. The van der Waals surface area contributed by atoms with Crippen LogP contribution >= 0.6 is 0 Å². The molecule has 0 saturated carbocycles. The van der Waals surface area contributed by atoms with Gasteiger partial charge >= 0.3 is 0 Å². The van der Waals surface area contributed by atoms with Crippen LogP contribution in [0.4, 0.5) is 0 Å². The Labute approximate surface area is 131 Å². The first-order valence-corrected chi connectivity index (χ1v) is 7.46. The maximum Gasteiger partial charge on any atom is 0.230 e. The molecule has 1 N–H and O–H groups in total. The average molecular weight is 298 g/mol. The summed E-state index contributed by atoms with van der Waals surface area (Å²) < 4.78 is 0. The van der Waals surface area contributed by atoms with E-state index in [1.54, 1.807) is 0 Å². The minimum absolute atomic E-state index is 0.204. The second-order valence-electron chi connectivity index (χ2n) is 5.68. The largest absolute Gasteiger partial charge is 0.354 e. The number of fused-ring (bicyclic) bond motifs is 1. The van der Waals surface area contributed by atoms with Crippen molar-refractivity contribution >= 4 is 23.0 Å². The molecule has 4 heteroatoms. The molecule has 0 spiro atoms. The van der Waals surface area contributed by atoms with Crippen LogP contribution in [0.25, 0.3) is 10.8 Å². The Morgan fingerprint density at radius 3 is 2.64 bits per heavy atom. The van der Waals surface area contributed by atoms with E-state index < -0.39 is 5.92 Å². The van der Waals surface area contributed by atoms with Crippen molar-refractivity contribution in [2.24, 2.45) is 5.92 Å². The van der Waals surface area contributed by atoms with Crippen LogP contribution in [0.15, 0.2) is 42.5 Å². The van der Waals surface area contributed by atoms with E-state index in [1.165, 1.54) is 0 Å². The molecule has 1 unspecified atom stereocenters. The Morgan fingerprint density at radius 2 is 1.91 bits per heavy atom. The summed E-state index contributed by atoms with van der Waals surface area (Å²) in [5.41, 5.74) is 1.03. The van der Waals surface area contributed by atoms with E-state index in [0.717, 1.165) is 29.2 Å². The summed E-state index contributed by atoms with van der Waals surface area (Å²) >= 11 is 0. The Balaban J connectivity index is 2.08. The molecule has 2 aromatic carbocycles. The van der Waals surface area contributed by atoms with Gasteiger partial charge in [-0.2, -0.15) is 0 Å². The number of carbonyl (C=O) groups is 2. The quantitative estimate of drug-likeness (QED) is 0.627. The molecule has 0 bridgehead atoms. The highest BCUT2D eigenvalue weighted by molar-refractivity contribution is 5.93. The molecule has 0 fully saturated rings. The number of nitrogens with zero attached hydrogens (tertiary/aromatic N) is 1. The normalized spacial score (nSPS) is 12.3. The van der Waals surface area contributed by atoms with Crippen LogP contribution in [0.5, 0.6) is 0 Å². The van der Waals surface area contributed by atoms with Gasteiger partial charge in [0.15, 0.2) is 0 Å². The van der Waals surface area contributed by atoms with Crippen LogP contribution in [-0.2, 0) is 16.0 Å². The molecule has 1 amide bonds. The Morgan fingerprint density at radius 1 is 1.18 bits per heavy atom. The van der Waals surface area contributed by atoms with Crippen LogP contribution in [0.3, 0.4) is 0 Å². The number of hydrogen-bond acceptors (Lipinski definition) is 3. The molecule has 1 atom stereocenters. The molecule has 0 heterocycles. The maximum atomic E-state index is 12.1. The number of nitrogens with one attached hydrogen (secondary N) is 1. The number of hydrogen-bond donors (Lipinski definition) is 1. The van der Waals surface area contributed by atoms with E-state index in [2.05, 4.69) is 5.32 Å². The minimum atomic E-state index is -0.645. The van der Waals surface area contributed by atoms with E-state index >= 15 is 0 Å². The fourth-order valence-corrected chi connectivity index (χ4v) is 2.44. The zero-order valence-corrected chi connectivity index (χ0v) is 13.1. The van der Waals surface area contributed by atoms with E-state index in [0.29, 0.717) is 13.0 Å². The van der Waals surface area contributed by atoms with Crippen LogP contribution in [0, 0.1) is 5.92 Å². The maximum absolute atomic E-state index is 12.1. The molecular weight excluding hydrogens is 276 g/mol. The van der Waals surface area contributed by atoms with Gasteiger partial charge in [0.05, 0.1) is 5.92 Å². The molecule has 2 rings (SSSR count). The van der Waals surface area contributed by atoms with Gasteiger partial charge in [-0.1, -0.05) is 42.5 Å². The number of carbonyl (C=O) groups excluding carboxylic acids is 2. The van der Waals surface area contributed by atoms with Crippen molar-refractivity contribution in [2.75, 3.05) is 27.2 Å². The van der Waals surface area contributed by atoms with Crippen molar-refractivity contribution in [1.82, 2.24) is 10.2 Å². The van der Waals surface area contributed by atoms with Crippen LogP contribution < -0.4 is 5.32 Å². The van der Waals surface area contributed by atoms with Crippen molar-refractivity contribution in [2.45, 2.75) is 6.42 Å². The molecule has 0 aromatic heterocycles. The van der Waals surface area contributed by atoms with Gasteiger partial charge < -0.3 is 15.0 Å². The first-order valence-electron chi connectivity index (χ1n) is 7.46. The van der Waals surface area contributed by atoms with Gasteiger partial charge in [0, 0.05) is 13.1 Å². The lowest BCUT2D eigenvalue weighted by molar-refractivity contribution is -0.129. The van der Waals surface area contributed by atoms with Crippen molar-refractivity contribution in [3.63, 3.8) is 0 Å². The highest BCUT2D eigenvalue weighted by atomic mass is 16.2. The predicted octanol–water partition coefficient (Wildman–Crippen LogP) is 1.88. The lowest BCUT2D eigenvalue weighted by Crippen LogP contribution is -2.37. The molecule has 0 aliphatic heterocycles. The number of rotatable bonds is 7. The van der Waals surface area contributed by atoms with Crippen molar-refractivity contribution in [3.05, 3.63) is 48.0 Å². The third kappa shape index (κ3) is 4.15. The Kier molecular flexibility index (Phi) is 5.67. The Hall–Kier alpha value is -2.20. The van der Waals surface area contributed by atoms with E-state index in [4.69, 9.17) is 0 Å². The average Bonchev–Trinajstić information content (AvgIpc) is 2.52. The van der Waals surface area contributed by atoms with E-state index in [-0.39, 0.29) is 5.91 Å².